The summed E-state index contributed by atoms with van der Waals surface area (Å²) in [7, 11) is 0. The molecule has 2 aromatic carbocycles. The molecule has 3 heteroatoms. The molecule has 0 amide bonds. The third kappa shape index (κ3) is 3.81. The molecule has 0 aliphatic heterocycles. The fraction of sp³-hybridized carbons (Fsp3) is 0.300. The Balaban J connectivity index is 1.88. The Hall–Kier alpha value is -2.10. The molecule has 23 heavy (non-hydrogen) atoms. The summed E-state index contributed by atoms with van der Waals surface area (Å²) >= 11 is 0. The van der Waals surface area contributed by atoms with Gasteiger partial charge in [-0.2, -0.15) is 0 Å². The van der Waals surface area contributed by atoms with E-state index in [1.807, 2.05) is 0 Å². The molecule has 0 bridgehead atoms. The van der Waals surface area contributed by atoms with Gasteiger partial charge in [0.25, 0.3) is 0 Å². The van der Waals surface area contributed by atoms with E-state index in [0.29, 0.717) is 6.54 Å². The third-order valence-electron chi connectivity index (χ3n) is 4.06. The van der Waals surface area contributed by atoms with Crippen molar-refractivity contribution in [3.05, 3.63) is 71.4 Å². The minimum atomic E-state index is -0.323. The van der Waals surface area contributed by atoms with Crippen molar-refractivity contribution < 1.29 is 5.11 Å². The van der Waals surface area contributed by atoms with Crippen LogP contribution in [-0.4, -0.2) is 22.3 Å². The lowest BCUT2D eigenvalue weighted by atomic mass is 10.1. The highest BCUT2D eigenvalue weighted by atomic mass is 16.3. The summed E-state index contributed by atoms with van der Waals surface area (Å²) in [5.74, 6) is 0. The van der Waals surface area contributed by atoms with E-state index in [4.69, 9.17) is 0 Å². The summed E-state index contributed by atoms with van der Waals surface area (Å²) in [5, 5.41) is 14.0. The molecule has 1 heterocycles. The lowest BCUT2D eigenvalue weighted by molar-refractivity contribution is 0.191. The Labute approximate surface area is 137 Å². The van der Waals surface area contributed by atoms with Gasteiger partial charge in [0.15, 0.2) is 0 Å². The van der Waals surface area contributed by atoms with Crippen LogP contribution in [0.1, 0.15) is 23.6 Å². The Bertz CT molecular complexity index is 789. The van der Waals surface area contributed by atoms with Crippen LogP contribution in [0.15, 0.2) is 54.7 Å². The van der Waals surface area contributed by atoms with Gasteiger partial charge < -0.3 is 15.0 Å². The molecule has 0 saturated heterocycles. The molecule has 3 aromatic rings. The molecule has 0 aliphatic carbocycles. The lowest BCUT2D eigenvalue weighted by Gasteiger charge is -2.06. The van der Waals surface area contributed by atoms with Crippen LogP contribution >= 0.6 is 0 Å². The maximum Gasteiger partial charge on any atom is 0.0636 e. The summed E-state index contributed by atoms with van der Waals surface area (Å²) in [5.41, 5.74) is 5.13. The van der Waals surface area contributed by atoms with Gasteiger partial charge in [-0.15, -0.1) is 0 Å². The SMILES string of the molecule is Cc1cccc(Cn2cc(CNC[C@H](C)O)c3ccccc32)c1. The molecule has 2 N–H and O–H groups in total. The van der Waals surface area contributed by atoms with Crippen LogP contribution in [-0.2, 0) is 13.1 Å². The number of aliphatic hydroxyl groups excluding tert-OH is 1. The number of aliphatic hydroxyl groups is 1. The maximum atomic E-state index is 9.40. The topological polar surface area (TPSA) is 37.2 Å². The standard InChI is InChI=1S/C20H24N2O/c1-15-6-5-7-17(10-15)13-22-14-18(12-21-11-16(2)23)19-8-3-4-9-20(19)22/h3-10,14,16,21,23H,11-13H2,1-2H3/t16-/m0/s1. The van der Waals surface area contributed by atoms with Crippen LogP contribution in [0.3, 0.4) is 0 Å². The van der Waals surface area contributed by atoms with Crippen LogP contribution in [0.4, 0.5) is 0 Å². The molecule has 1 atom stereocenters. The first-order valence-electron chi connectivity index (χ1n) is 8.14. The Kier molecular flexibility index (Phi) is 4.79. The number of nitrogens with one attached hydrogen (secondary N) is 1. The predicted octanol–water partition coefficient (Wildman–Crippen LogP) is 3.47. The van der Waals surface area contributed by atoms with Gasteiger partial charge in [0.1, 0.15) is 0 Å². The van der Waals surface area contributed by atoms with E-state index in [1.165, 1.54) is 27.6 Å². The second-order valence-electron chi connectivity index (χ2n) is 6.27. The average molecular weight is 308 g/mol. The summed E-state index contributed by atoms with van der Waals surface area (Å²) in [6.45, 7) is 6.18. The van der Waals surface area contributed by atoms with Crippen molar-refractivity contribution in [2.75, 3.05) is 6.54 Å². The summed E-state index contributed by atoms with van der Waals surface area (Å²) in [4.78, 5) is 0. The molecule has 1 aromatic heterocycles. The molecule has 3 rings (SSSR count). The third-order valence-corrected chi connectivity index (χ3v) is 4.06. The number of hydrogen-bond acceptors (Lipinski definition) is 2. The minimum Gasteiger partial charge on any atom is -0.392 e. The van der Waals surface area contributed by atoms with Gasteiger partial charge in [-0.3, -0.25) is 0 Å². The van der Waals surface area contributed by atoms with E-state index in [0.717, 1.165) is 13.1 Å². The Morgan fingerprint density at radius 3 is 2.74 bits per heavy atom. The number of rotatable bonds is 6. The second kappa shape index (κ2) is 6.99. The quantitative estimate of drug-likeness (QED) is 0.731. The predicted molar refractivity (Wildman–Crippen MR) is 95.6 cm³/mol. The zero-order valence-electron chi connectivity index (χ0n) is 13.8. The minimum absolute atomic E-state index is 0.323. The maximum absolute atomic E-state index is 9.40. The summed E-state index contributed by atoms with van der Waals surface area (Å²) in [6, 6.07) is 17.2. The molecule has 120 valence electrons. The van der Waals surface area contributed by atoms with E-state index in [1.54, 1.807) is 6.92 Å². The number of fused-ring (bicyclic) bond motifs is 1. The van der Waals surface area contributed by atoms with Crippen molar-refractivity contribution in [3.8, 4) is 0 Å². The average Bonchev–Trinajstić information content (AvgIpc) is 2.85. The molecule has 0 unspecified atom stereocenters. The van der Waals surface area contributed by atoms with Gasteiger partial charge in [-0.25, -0.2) is 0 Å². The van der Waals surface area contributed by atoms with Gasteiger partial charge in [-0.1, -0.05) is 48.0 Å². The number of benzene rings is 2. The van der Waals surface area contributed by atoms with Crippen LogP contribution < -0.4 is 5.32 Å². The highest BCUT2D eigenvalue weighted by Crippen LogP contribution is 2.22. The number of hydrogen-bond donors (Lipinski definition) is 2. The number of aromatic nitrogens is 1. The molecular weight excluding hydrogens is 284 g/mol. The van der Waals surface area contributed by atoms with Crippen molar-refractivity contribution in [2.24, 2.45) is 0 Å². The molecule has 0 spiro atoms. The van der Waals surface area contributed by atoms with Gasteiger partial charge in [-0.05, 0) is 31.0 Å². The molecule has 0 aliphatic rings. The van der Waals surface area contributed by atoms with Crippen molar-refractivity contribution in [1.82, 2.24) is 9.88 Å². The Morgan fingerprint density at radius 2 is 1.96 bits per heavy atom. The first-order valence-corrected chi connectivity index (χ1v) is 8.14. The van der Waals surface area contributed by atoms with Crippen LogP contribution in [0.5, 0.6) is 0 Å². The van der Waals surface area contributed by atoms with Crippen LogP contribution in [0, 0.1) is 6.92 Å². The van der Waals surface area contributed by atoms with Crippen molar-refractivity contribution in [2.45, 2.75) is 33.0 Å². The van der Waals surface area contributed by atoms with E-state index < -0.39 is 0 Å². The van der Waals surface area contributed by atoms with Crippen molar-refractivity contribution >= 4 is 10.9 Å². The zero-order chi connectivity index (χ0) is 16.2. The first-order chi connectivity index (χ1) is 11.1. The smallest absolute Gasteiger partial charge is 0.0636 e. The van der Waals surface area contributed by atoms with Gasteiger partial charge >= 0.3 is 0 Å². The van der Waals surface area contributed by atoms with Crippen LogP contribution in [0.2, 0.25) is 0 Å². The largest absolute Gasteiger partial charge is 0.392 e. The normalized spacial score (nSPS) is 12.7. The Morgan fingerprint density at radius 1 is 1.13 bits per heavy atom. The number of nitrogens with zero attached hydrogens (tertiary/aromatic N) is 1. The van der Waals surface area contributed by atoms with E-state index >= 15 is 0 Å². The monoisotopic (exact) mass is 308 g/mol. The molecule has 0 saturated carbocycles. The molecule has 0 radical (unpaired) electrons. The number of para-hydroxylation sites is 1. The van der Waals surface area contributed by atoms with Gasteiger partial charge in [0.2, 0.25) is 0 Å². The fourth-order valence-corrected chi connectivity index (χ4v) is 3.02. The molecule has 3 nitrogen and oxygen atoms in total. The second-order valence-corrected chi connectivity index (χ2v) is 6.27. The number of aryl methyl sites for hydroxylation is 1. The van der Waals surface area contributed by atoms with E-state index in [9.17, 15) is 5.11 Å². The van der Waals surface area contributed by atoms with E-state index in [-0.39, 0.29) is 6.10 Å². The highest BCUT2D eigenvalue weighted by molar-refractivity contribution is 5.84. The van der Waals surface area contributed by atoms with Gasteiger partial charge in [0.05, 0.1) is 6.10 Å². The summed E-state index contributed by atoms with van der Waals surface area (Å²) in [6.07, 6.45) is 1.90. The first kappa shape index (κ1) is 15.8. The van der Waals surface area contributed by atoms with E-state index in [2.05, 4.69) is 71.5 Å². The summed E-state index contributed by atoms with van der Waals surface area (Å²) < 4.78 is 2.31. The van der Waals surface area contributed by atoms with Crippen LogP contribution in [0.25, 0.3) is 10.9 Å². The molecular formula is C20H24N2O. The lowest BCUT2D eigenvalue weighted by Crippen LogP contribution is -2.23. The highest BCUT2D eigenvalue weighted by Gasteiger charge is 2.08. The van der Waals surface area contributed by atoms with Crippen molar-refractivity contribution in [1.29, 1.82) is 0 Å². The molecule has 0 fully saturated rings. The zero-order valence-corrected chi connectivity index (χ0v) is 13.8. The van der Waals surface area contributed by atoms with Crippen molar-refractivity contribution in [3.63, 3.8) is 0 Å². The fourth-order valence-electron chi connectivity index (χ4n) is 3.02. The van der Waals surface area contributed by atoms with Gasteiger partial charge in [0, 0.05) is 36.7 Å².